The minimum atomic E-state index is 0.445. The topological polar surface area (TPSA) is 67.2 Å². The Morgan fingerprint density at radius 1 is 1.26 bits per heavy atom. The van der Waals surface area contributed by atoms with Crippen molar-refractivity contribution in [3.05, 3.63) is 48.2 Å². The van der Waals surface area contributed by atoms with Crippen molar-refractivity contribution in [2.75, 3.05) is 19.7 Å². The fraction of sp³-hybridized carbons (Fsp3) is 0.333. The third kappa shape index (κ3) is 4.21. The van der Waals surface area contributed by atoms with Crippen LogP contribution in [0.3, 0.4) is 0 Å². The number of aromatic nitrogens is 1. The molecule has 5 heteroatoms. The maximum atomic E-state index is 8.83. The first-order valence-electron chi connectivity index (χ1n) is 7.82. The predicted molar refractivity (Wildman–Crippen MR) is 86.6 cm³/mol. The van der Waals surface area contributed by atoms with Gasteiger partial charge in [0.25, 0.3) is 5.88 Å². The number of rotatable bonds is 5. The fourth-order valence-corrected chi connectivity index (χ4v) is 2.55. The molecule has 3 rings (SSSR count). The fourth-order valence-electron chi connectivity index (χ4n) is 2.55. The average molecular weight is 309 g/mol. The van der Waals surface area contributed by atoms with E-state index in [-0.39, 0.29) is 0 Å². The standard InChI is InChI=1S/C18H19N3O2/c19-11-14-5-7-16(8-6-14)23-18-17(4-2-10-21-18)22-13-15-3-1-9-20-12-15/h2,4-8,10,15,20H,1,3,9,12-13H2. The van der Waals surface area contributed by atoms with Crippen molar-refractivity contribution in [1.82, 2.24) is 10.3 Å². The molecule has 1 N–H and O–H groups in total. The molecule has 1 fully saturated rings. The van der Waals surface area contributed by atoms with Crippen LogP contribution in [-0.2, 0) is 0 Å². The van der Waals surface area contributed by atoms with Gasteiger partial charge in [0.05, 0.1) is 18.2 Å². The van der Waals surface area contributed by atoms with Gasteiger partial charge in [-0.15, -0.1) is 0 Å². The molecule has 0 radical (unpaired) electrons. The summed E-state index contributed by atoms with van der Waals surface area (Å²) in [6, 6.07) is 12.7. The van der Waals surface area contributed by atoms with Gasteiger partial charge < -0.3 is 14.8 Å². The first-order valence-corrected chi connectivity index (χ1v) is 7.82. The maximum Gasteiger partial charge on any atom is 0.262 e. The Balaban J connectivity index is 1.65. The van der Waals surface area contributed by atoms with Crippen molar-refractivity contribution < 1.29 is 9.47 Å². The highest BCUT2D eigenvalue weighted by molar-refractivity contribution is 5.39. The van der Waals surface area contributed by atoms with Gasteiger partial charge in [-0.1, -0.05) is 0 Å². The molecule has 5 nitrogen and oxygen atoms in total. The number of ether oxygens (including phenoxy) is 2. The summed E-state index contributed by atoms with van der Waals surface area (Å²) < 4.78 is 11.7. The highest BCUT2D eigenvalue weighted by Crippen LogP contribution is 2.29. The lowest BCUT2D eigenvalue weighted by Crippen LogP contribution is -2.33. The molecular formula is C18H19N3O2. The summed E-state index contributed by atoms with van der Waals surface area (Å²) in [4.78, 5) is 4.25. The van der Waals surface area contributed by atoms with E-state index in [4.69, 9.17) is 14.7 Å². The molecule has 0 spiro atoms. The van der Waals surface area contributed by atoms with Gasteiger partial charge >= 0.3 is 0 Å². The molecular weight excluding hydrogens is 290 g/mol. The number of nitriles is 1. The molecule has 2 heterocycles. The van der Waals surface area contributed by atoms with Crippen LogP contribution < -0.4 is 14.8 Å². The number of hydrogen-bond donors (Lipinski definition) is 1. The van der Waals surface area contributed by atoms with E-state index >= 15 is 0 Å². The van der Waals surface area contributed by atoms with Gasteiger partial charge in [-0.3, -0.25) is 0 Å². The second-order valence-corrected chi connectivity index (χ2v) is 5.57. The molecule has 23 heavy (non-hydrogen) atoms. The van der Waals surface area contributed by atoms with Gasteiger partial charge in [-0.25, -0.2) is 4.98 Å². The zero-order valence-corrected chi connectivity index (χ0v) is 12.9. The van der Waals surface area contributed by atoms with Gasteiger partial charge in [0.2, 0.25) is 0 Å². The Hall–Kier alpha value is -2.58. The van der Waals surface area contributed by atoms with E-state index in [2.05, 4.69) is 16.4 Å². The number of benzene rings is 1. The van der Waals surface area contributed by atoms with E-state index in [1.807, 2.05) is 12.1 Å². The number of pyridine rings is 1. The molecule has 1 aliphatic rings. The van der Waals surface area contributed by atoms with Gasteiger partial charge in [-0.2, -0.15) is 5.26 Å². The van der Waals surface area contributed by atoms with E-state index in [1.165, 1.54) is 12.8 Å². The van der Waals surface area contributed by atoms with E-state index in [1.54, 1.807) is 30.5 Å². The summed E-state index contributed by atoms with van der Waals surface area (Å²) >= 11 is 0. The van der Waals surface area contributed by atoms with Crippen molar-refractivity contribution in [1.29, 1.82) is 5.26 Å². The summed E-state index contributed by atoms with van der Waals surface area (Å²) in [5.74, 6) is 2.24. The molecule has 0 saturated carbocycles. The summed E-state index contributed by atoms with van der Waals surface area (Å²) in [6.45, 7) is 2.74. The molecule has 1 aromatic heterocycles. The summed E-state index contributed by atoms with van der Waals surface area (Å²) in [5.41, 5.74) is 0.597. The van der Waals surface area contributed by atoms with Crippen LogP contribution in [0.1, 0.15) is 18.4 Å². The minimum Gasteiger partial charge on any atom is -0.488 e. The number of piperidine rings is 1. The molecule has 1 aliphatic heterocycles. The third-order valence-electron chi connectivity index (χ3n) is 3.81. The smallest absolute Gasteiger partial charge is 0.262 e. The molecule has 0 amide bonds. The number of hydrogen-bond acceptors (Lipinski definition) is 5. The van der Waals surface area contributed by atoms with Crippen LogP contribution in [-0.4, -0.2) is 24.7 Å². The van der Waals surface area contributed by atoms with Crippen molar-refractivity contribution in [3.8, 4) is 23.4 Å². The first-order chi connectivity index (χ1) is 11.3. The van der Waals surface area contributed by atoms with Crippen LogP contribution in [0, 0.1) is 17.2 Å². The molecule has 0 bridgehead atoms. The van der Waals surface area contributed by atoms with Gasteiger partial charge in [0.15, 0.2) is 5.75 Å². The molecule has 1 atom stereocenters. The maximum absolute atomic E-state index is 8.83. The van der Waals surface area contributed by atoms with Crippen LogP contribution in [0.5, 0.6) is 17.4 Å². The lowest BCUT2D eigenvalue weighted by molar-refractivity contribution is 0.212. The largest absolute Gasteiger partial charge is 0.488 e. The van der Waals surface area contributed by atoms with Gasteiger partial charge in [0.1, 0.15) is 5.75 Å². The second kappa shape index (κ2) is 7.61. The second-order valence-electron chi connectivity index (χ2n) is 5.57. The van der Waals surface area contributed by atoms with Gasteiger partial charge in [0, 0.05) is 18.7 Å². The van der Waals surface area contributed by atoms with Crippen LogP contribution in [0.4, 0.5) is 0 Å². The Morgan fingerprint density at radius 3 is 2.87 bits per heavy atom. The molecule has 118 valence electrons. The van der Waals surface area contributed by atoms with Crippen LogP contribution >= 0.6 is 0 Å². The third-order valence-corrected chi connectivity index (χ3v) is 3.81. The van der Waals surface area contributed by atoms with Crippen molar-refractivity contribution >= 4 is 0 Å². The van der Waals surface area contributed by atoms with Crippen molar-refractivity contribution in [3.63, 3.8) is 0 Å². The Kier molecular flexibility index (Phi) is 5.07. The lowest BCUT2D eigenvalue weighted by Gasteiger charge is -2.23. The first kappa shape index (κ1) is 15.3. The summed E-state index contributed by atoms with van der Waals surface area (Å²) in [6.07, 6.45) is 4.04. The normalized spacial score (nSPS) is 17.3. The minimum absolute atomic E-state index is 0.445. The van der Waals surface area contributed by atoms with E-state index in [0.717, 1.165) is 13.1 Å². The Labute approximate surface area is 135 Å². The number of nitrogens with zero attached hydrogens (tertiary/aromatic N) is 2. The van der Waals surface area contributed by atoms with Crippen LogP contribution in [0.15, 0.2) is 42.6 Å². The van der Waals surface area contributed by atoms with E-state index in [0.29, 0.717) is 35.5 Å². The Morgan fingerprint density at radius 2 is 2.13 bits per heavy atom. The zero-order valence-electron chi connectivity index (χ0n) is 12.9. The molecule has 1 unspecified atom stereocenters. The van der Waals surface area contributed by atoms with Crippen molar-refractivity contribution in [2.24, 2.45) is 5.92 Å². The monoisotopic (exact) mass is 309 g/mol. The summed E-state index contributed by atoms with van der Waals surface area (Å²) in [5, 5.41) is 12.2. The predicted octanol–water partition coefficient (Wildman–Crippen LogP) is 3.12. The van der Waals surface area contributed by atoms with Crippen molar-refractivity contribution in [2.45, 2.75) is 12.8 Å². The quantitative estimate of drug-likeness (QED) is 0.919. The van der Waals surface area contributed by atoms with Crippen LogP contribution in [0.2, 0.25) is 0 Å². The highest BCUT2D eigenvalue weighted by atomic mass is 16.5. The van der Waals surface area contributed by atoms with Gasteiger partial charge in [-0.05, 0) is 55.8 Å². The Bertz CT molecular complexity index is 673. The SMILES string of the molecule is N#Cc1ccc(Oc2ncccc2OCC2CCCNC2)cc1. The van der Waals surface area contributed by atoms with Crippen LogP contribution in [0.25, 0.3) is 0 Å². The lowest BCUT2D eigenvalue weighted by atomic mass is 10.0. The van der Waals surface area contributed by atoms with E-state index in [9.17, 15) is 0 Å². The van der Waals surface area contributed by atoms with E-state index < -0.39 is 0 Å². The molecule has 0 aliphatic carbocycles. The zero-order chi connectivity index (χ0) is 15.9. The highest BCUT2D eigenvalue weighted by Gasteiger charge is 2.15. The average Bonchev–Trinajstić information content (AvgIpc) is 2.62. The summed E-state index contributed by atoms with van der Waals surface area (Å²) in [7, 11) is 0. The molecule has 2 aromatic rings. The molecule has 1 aromatic carbocycles. The number of nitrogens with one attached hydrogen (secondary N) is 1. The molecule has 1 saturated heterocycles.